The Morgan fingerprint density at radius 1 is 1.00 bits per heavy atom. The molecule has 7 N–H and O–H groups in total. The quantitative estimate of drug-likeness (QED) is 0.195. The average Bonchev–Trinajstić information content (AvgIpc) is 2.79. The van der Waals surface area contributed by atoms with Crippen molar-refractivity contribution < 1.29 is 54.4 Å². The zero-order valence-corrected chi connectivity index (χ0v) is 18.2. The minimum atomic E-state index is -1.76. The third kappa shape index (κ3) is 4.23. The Labute approximate surface area is 196 Å². The predicted octanol–water partition coefficient (Wildman–Crippen LogP) is 0.368. The van der Waals surface area contributed by atoms with Crippen molar-refractivity contribution in [3.63, 3.8) is 0 Å². The molecule has 0 saturated carbocycles. The molecule has 2 aromatic carbocycles. The molecular formula is C23H22O12. The van der Waals surface area contributed by atoms with Crippen LogP contribution in [-0.2, 0) is 14.3 Å². The van der Waals surface area contributed by atoms with E-state index in [1.807, 2.05) is 0 Å². The number of hydrogen-bond acceptors (Lipinski definition) is 12. The molecule has 3 aromatic rings. The van der Waals surface area contributed by atoms with Crippen LogP contribution in [0.4, 0.5) is 0 Å². The highest BCUT2D eigenvalue weighted by Gasteiger charge is 2.48. The van der Waals surface area contributed by atoms with Crippen molar-refractivity contribution in [3.8, 4) is 34.3 Å². The van der Waals surface area contributed by atoms with Gasteiger partial charge in [-0.3, -0.25) is 9.59 Å². The maximum absolute atomic E-state index is 12.9. The summed E-state index contributed by atoms with van der Waals surface area (Å²) in [6, 6.07) is 5.70. The number of phenols is 4. The Balaban J connectivity index is 1.88. The molecule has 186 valence electrons. The molecule has 1 aliphatic heterocycles. The van der Waals surface area contributed by atoms with Gasteiger partial charge in [0.2, 0.25) is 0 Å². The van der Waals surface area contributed by atoms with Gasteiger partial charge in [-0.05, 0) is 18.2 Å². The summed E-state index contributed by atoms with van der Waals surface area (Å²) in [6.45, 7) is 0.285. The van der Waals surface area contributed by atoms with Crippen LogP contribution >= 0.6 is 0 Å². The minimum absolute atomic E-state index is 0.0463. The number of hydrogen-bond donors (Lipinski definition) is 7. The standard InChI is InChI=1S/C23H22O12/c1-8(25)33-23-21(32)19(30)16(7-24)35-22(23)18-13(29)6-15-17(20(18)31)12(28)5-14(34-15)9-2-3-10(26)11(27)4-9/h2-6,16,19,21-24,26-27,29-32H,7H2,1H3/t16?,19-,21+,22+,23?/m1/s1. The number of esters is 1. The highest BCUT2D eigenvalue weighted by molar-refractivity contribution is 5.88. The summed E-state index contributed by atoms with van der Waals surface area (Å²) in [5, 5.41) is 70.7. The van der Waals surface area contributed by atoms with Crippen LogP contribution in [0.1, 0.15) is 18.6 Å². The lowest BCUT2D eigenvalue weighted by atomic mass is 9.89. The fraction of sp³-hybridized carbons (Fsp3) is 0.304. The summed E-state index contributed by atoms with van der Waals surface area (Å²) in [5.41, 5.74) is -1.23. The lowest BCUT2D eigenvalue weighted by Crippen LogP contribution is -2.56. The van der Waals surface area contributed by atoms with Gasteiger partial charge in [0.15, 0.2) is 23.0 Å². The second kappa shape index (κ2) is 9.07. The molecule has 1 aliphatic rings. The van der Waals surface area contributed by atoms with Gasteiger partial charge in [0.25, 0.3) is 0 Å². The minimum Gasteiger partial charge on any atom is -0.507 e. The van der Waals surface area contributed by atoms with Crippen LogP contribution < -0.4 is 5.43 Å². The highest BCUT2D eigenvalue weighted by atomic mass is 16.6. The number of aliphatic hydroxyl groups is 3. The second-order valence-electron chi connectivity index (χ2n) is 8.04. The first-order valence-electron chi connectivity index (χ1n) is 10.4. The molecule has 0 aliphatic carbocycles. The van der Waals surface area contributed by atoms with Gasteiger partial charge in [-0.1, -0.05) is 0 Å². The van der Waals surface area contributed by atoms with E-state index >= 15 is 0 Å². The third-order valence-corrected chi connectivity index (χ3v) is 5.72. The van der Waals surface area contributed by atoms with E-state index < -0.39 is 71.3 Å². The van der Waals surface area contributed by atoms with Crippen LogP contribution in [0.3, 0.4) is 0 Å². The first-order chi connectivity index (χ1) is 16.5. The number of benzene rings is 2. The Morgan fingerprint density at radius 3 is 2.34 bits per heavy atom. The molecule has 0 spiro atoms. The summed E-state index contributed by atoms with van der Waals surface area (Å²) in [6.07, 6.45) is -7.96. The molecule has 5 atom stereocenters. The van der Waals surface area contributed by atoms with E-state index in [2.05, 4.69) is 0 Å². The van der Waals surface area contributed by atoms with Crippen LogP contribution in [0.25, 0.3) is 22.3 Å². The Bertz CT molecular complexity index is 1350. The predicted molar refractivity (Wildman–Crippen MR) is 117 cm³/mol. The van der Waals surface area contributed by atoms with Crippen molar-refractivity contribution in [2.45, 2.75) is 37.4 Å². The molecule has 12 nitrogen and oxygen atoms in total. The number of fused-ring (bicyclic) bond motifs is 1. The maximum atomic E-state index is 12.9. The van der Waals surface area contributed by atoms with Crippen molar-refractivity contribution >= 4 is 16.9 Å². The first-order valence-corrected chi connectivity index (χ1v) is 10.4. The van der Waals surface area contributed by atoms with Crippen LogP contribution in [0.5, 0.6) is 23.0 Å². The summed E-state index contributed by atoms with van der Waals surface area (Å²) < 4.78 is 16.2. The summed E-state index contributed by atoms with van der Waals surface area (Å²) in [7, 11) is 0. The first kappa shape index (κ1) is 24.3. The average molecular weight is 490 g/mol. The van der Waals surface area contributed by atoms with E-state index in [4.69, 9.17) is 13.9 Å². The van der Waals surface area contributed by atoms with E-state index in [1.54, 1.807) is 0 Å². The van der Waals surface area contributed by atoms with E-state index in [0.29, 0.717) is 0 Å². The number of aliphatic hydroxyl groups excluding tert-OH is 3. The molecule has 1 fully saturated rings. The van der Waals surface area contributed by atoms with Gasteiger partial charge in [0.1, 0.15) is 52.6 Å². The number of rotatable bonds is 4. The molecule has 0 amide bonds. The molecule has 1 aromatic heterocycles. The summed E-state index contributed by atoms with van der Waals surface area (Å²) in [4.78, 5) is 24.5. The van der Waals surface area contributed by atoms with Crippen molar-refractivity contribution in [2.24, 2.45) is 0 Å². The number of phenolic OH excluding ortho intramolecular Hbond substituents is 4. The van der Waals surface area contributed by atoms with Gasteiger partial charge in [0, 0.05) is 24.6 Å². The number of carbonyl (C=O) groups is 1. The molecule has 2 heterocycles. The molecule has 4 rings (SSSR count). The topological polar surface area (TPSA) is 207 Å². The lowest BCUT2D eigenvalue weighted by molar-refractivity contribution is -0.241. The lowest BCUT2D eigenvalue weighted by Gasteiger charge is -2.42. The number of aromatic hydroxyl groups is 4. The monoisotopic (exact) mass is 490 g/mol. The largest absolute Gasteiger partial charge is 0.507 e. The van der Waals surface area contributed by atoms with Gasteiger partial charge in [0.05, 0.1) is 12.2 Å². The smallest absolute Gasteiger partial charge is 0.303 e. The van der Waals surface area contributed by atoms with Crippen LogP contribution in [0, 0.1) is 0 Å². The normalized spacial score (nSPS) is 24.4. The van der Waals surface area contributed by atoms with Gasteiger partial charge >= 0.3 is 5.97 Å². The van der Waals surface area contributed by atoms with E-state index in [1.165, 1.54) is 12.1 Å². The van der Waals surface area contributed by atoms with Gasteiger partial charge in [-0.25, -0.2) is 0 Å². The molecule has 35 heavy (non-hydrogen) atoms. The fourth-order valence-corrected chi connectivity index (χ4v) is 4.05. The van der Waals surface area contributed by atoms with Crippen LogP contribution in [0.2, 0.25) is 0 Å². The van der Waals surface area contributed by atoms with Crippen molar-refractivity contribution in [3.05, 3.63) is 46.1 Å². The van der Waals surface area contributed by atoms with E-state index in [-0.39, 0.29) is 28.0 Å². The zero-order chi connectivity index (χ0) is 25.6. The van der Waals surface area contributed by atoms with Crippen molar-refractivity contribution in [1.82, 2.24) is 0 Å². The van der Waals surface area contributed by atoms with Crippen LogP contribution in [0.15, 0.2) is 39.5 Å². The summed E-state index contributed by atoms with van der Waals surface area (Å²) in [5.74, 6) is -3.22. The SMILES string of the molecule is CC(=O)OC1[C@@H](O)[C@H](O)C(CO)O[C@H]1c1c(O)cc2oc(-c3ccc(O)c(O)c3)cc(=O)c2c1O. The molecule has 2 unspecified atom stereocenters. The zero-order valence-electron chi connectivity index (χ0n) is 18.2. The molecule has 0 bridgehead atoms. The van der Waals surface area contributed by atoms with Gasteiger partial charge in [-0.2, -0.15) is 0 Å². The highest BCUT2D eigenvalue weighted by Crippen LogP contribution is 2.45. The Kier molecular flexibility index (Phi) is 6.30. The van der Waals surface area contributed by atoms with Gasteiger partial charge < -0.3 is 49.6 Å². The van der Waals surface area contributed by atoms with Gasteiger partial charge in [-0.15, -0.1) is 0 Å². The second-order valence-corrected chi connectivity index (χ2v) is 8.04. The van der Waals surface area contributed by atoms with E-state index in [9.17, 15) is 45.3 Å². The van der Waals surface area contributed by atoms with Crippen molar-refractivity contribution in [1.29, 1.82) is 0 Å². The fourth-order valence-electron chi connectivity index (χ4n) is 4.05. The number of ether oxygens (including phenoxy) is 2. The molecule has 1 saturated heterocycles. The molecule has 12 heteroatoms. The Morgan fingerprint density at radius 2 is 1.71 bits per heavy atom. The van der Waals surface area contributed by atoms with Crippen molar-refractivity contribution in [2.75, 3.05) is 6.61 Å². The number of carbonyl (C=O) groups excluding carboxylic acids is 1. The maximum Gasteiger partial charge on any atom is 0.303 e. The van der Waals surface area contributed by atoms with E-state index in [0.717, 1.165) is 25.1 Å². The molecular weight excluding hydrogens is 468 g/mol. The molecule has 0 radical (unpaired) electrons. The third-order valence-electron chi connectivity index (χ3n) is 5.72. The van der Waals surface area contributed by atoms with Crippen LogP contribution in [-0.4, -0.2) is 72.7 Å². The summed E-state index contributed by atoms with van der Waals surface area (Å²) >= 11 is 0. The Hall–Kier alpha value is -3.84.